The van der Waals surface area contributed by atoms with Crippen LogP contribution in [0.3, 0.4) is 0 Å². The predicted molar refractivity (Wildman–Crippen MR) is 77.4 cm³/mol. The van der Waals surface area contributed by atoms with Crippen LogP contribution in [-0.4, -0.2) is 12.0 Å². The highest BCUT2D eigenvalue weighted by Gasteiger charge is 2.32. The summed E-state index contributed by atoms with van der Waals surface area (Å²) in [6, 6.07) is 3.87. The molecule has 1 aromatic rings. The van der Waals surface area contributed by atoms with Crippen molar-refractivity contribution in [2.24, 2.45) is 5.92 Å². The van der Waals surface area contributed by atoms with Gasteiger partial charge in [0.2, 0.25) is 0 Å². The quantitative estimate of drug-likeness (QED) is 0.765. The Morgan fingerprint density at radius 1 is 1.32 bits per heavy atom. The number of nitrogen functional groups attached to an aromatic ring is 1. The van der Waals surface area contributed by atoms with Gasteiger partial charge >= 0.3 is 0 Å². The lowest BCUT2D eigenvalue weighted by Gasteiger charge is -2.31. The molecule has 1 heterocycles. The second-order valence-corrected chi connectivity index (χ2v) is 6.46. The minimum atomic E-state index is -0.477. The van der Waals surface area contributed by atoms with Crippen LogP contribution >= 0.6 is 0 Å². The fourth-order valence-electron chi connectivity index (χ4n) is 2.13. The van der Waals surface area contributed by atoms with E-state index in [0.29, 0.717) is 17.1 Å². The molecule has 1 aromatic carbocycles. The molecule has 3 N–H and O–H groups in total. The molecule has 4 nitrogen and oxygen atoms in total. The van der Waals surface area contributed by atoms with E-state index in [2.05, 4.69) is 26.1 Å². The van der Waals surface area contributed by atoms with Gasteiger partial charge in [0.1, 0.15) is 0 Å². The first kappa shape index (κ1) is 13.7. The molecule has 0 spiro atoms. The molecule has 104 valence electrons. The molecule has 1 atom stereocenters. The first-order valence-electron chi connectivity index (χ1n) is 6.61. The maximum absolute atomic E-state index is 12.0. The van der Waals surface area contributed by atoms with Crippen molar-refractivity contribution in [1.29, 1.82) is 0 Å². The smallest absolute Gasteiger partial charge is 0.265 e. The van der Waals surface area contributed by atoms with Crippen molar-refractivity contribution in [3.8, 4) is 5.75 Å². The van der Waals surface area contributed by atoms with Crippen LogP contribution in [-0.2, 0) is 10.2 Å². The molecule has 0 saturated carbocycles. The van der Waals surface area contributed by atoms with Gasteiger partial charge in [0.15, 0.2) is 11.9 Å². The van der Waals surface area contributed by atoms with Crippen LogP contribution in [0.1, 0.15) is 40.2 Å². The number of nitrogens with one attached hydrogen (secondary N) is 1. The number of benzene rings is 1. The molecule has 0 fully saturated rings. The summed E-state index contributed by atoms with van der Waals surface area (Å²) >= 11 is 0. The lowest BCUT2D eigenvalue weighted by atomic mass is 9.86. The van der Waals surface area contributed by atoms with Crippen LogP contribution < -0.4 is 15.8 Å². The molecule has 19 heavy (non-hydrogen) atoms. The van der Waals surface area contributed by atoms with E-state index in [4.69, 9.17) is 10.5 Å². The minimum Gasteiger partial charge on any atom is -0.476 e. The van der Waals surface area contributed by atoms with Crippen molar-refractivity contribution in [3.63, 3.8) is 0 Å². The number of amides is 1. The maximum Gasteiger partial charge on any atom is 0.265 e. The monoisotopic (exact) mass is 262 g/mol. The van der Waals surface area contributed by atoms with Crippen molar-refractivity contribution < 1.29 is 9.53 Å². The molecule has 1 amide bonds. The van der Waals surface area contributed by atoms with Crippen LogP contribution in [0.25, 0.3) is 0 Å². The number of fused-ring (bicyclic) bond motifs is 1. The molecular formula is C15H22N2O2. The highest BCUT2D eigenvalue weighted by Crippen LogP contribution is 2.40. The lowest BCUT2D eigenvalue weighted by Crippen LogP contribution is -2.41. The summed E-state index contributed by atoms with van der Waals surface area (Å²) in [5.74, 6) is 0.592. The predicted octanol–water partition coefficient (Wildman–Crippen LogP) is 2.92. The Morgan fingerprint density at radius 2 is 1.95 bits per heavy atom. The summed E-state index contributed by atoms with van der Waals surface area (Å²) in [6.07, 6.45) is -0.477. The van der Waals surface area contributed by atoms with Crippen LogP contribution in [0, 0.1) is 5.92 Å². The van der Waals surface area contributed by atoms with Crippen molar-refractivity contribution >= 4 is 17.3 Å². The zero-order chi connectivity index (χ0) is 14.4. The number of rotatable bonds is 1. The summed E-state index contributed by atoms with van der Waals surface area (Å²) in [6.45, 7) is 10.2. The zero-order valence-corrected chi connectivity index (χ0v) is 12.2. The van der Waals surface area contributed by atoms with Gasteiger partial charge in [-0.15, -0.1) is 0 Å². The average Bonchev–Trinajstić information content (AvgIpc) is 2.26. The van der Waals surface area contributed by atoms with E-state index in [0.717, 1.165) is 5.56 Å². The Bertz CT molecular complexity index is 516. The largest absolute Gasteiger partial charge is 0.476 e. The Balaban J connectivity index is 2.46. The molecule has 0 saturated heterocycles. The normalized spacial score (nSPS) is 18.8. The lowest BCUT2D eigenvalue weighted by molar-refractivity contribution is -0.125. The van der Waals surface area contributed by atoms with E-state index < -0.39 is 6.10 Å². The van der Waals surface area contributed by atoms with Crippen LogP contribution in [0.4, 0.5) is 11.4 Å². The number of nitrogens with two attached hydrogens (primary N) is 1. The van der Waals surface area contributed by atoms with Crippen molar-refractivity contribution in [3.05, 3.63) is 17.7 Å². The molecular weight excluding hydrogens is 240 g/mol. The van der Waals surface area contributed by atoms with Gasteiger partial charge in [-0.25, -0.2) is 0 Å². The Morgan fingerprint density at radius 3 is 2.47 bits per heavy atom. The Hall–Kier alpha value is -1.71. The molecule has 2 rings (SSSR count). The highest BCUT2D eigenvalue weighted by molar-refractivity contribution is 5.99. The van der Waals surface area contributed by atoms with Gasteiger partial charge in [0.25, 0.3) is 5.91 Å². The molecule has 0 radical (unpaired) electrons. The highest BCUT2D eigenvalue weighted by atomic mass is 16.5. The zero-order valence-electron chi connectivity index (χ0n) is 12.2. The van der Waals surface area contributed by atoms with E-state index >= 15 is 0 Å². The van der Waals surface area contributed by atoms with Crippen molar-refractivity contribution in [2.45, 2.75) is 46.1 Å². The summed E-state index contributed by atoms with van der Waals surface area (Å²) in [7, 11) is 0. The summed E-state index contributed by atoms with van der Waals surface area (Å²) in [5, 5.41) is 2.90. The first-order valence-corrected chi connectivity index (χ1v) is 6.61. The van der Waals surface area contributed by atoms with E-state index in [1.807, 2.05) is 26.0 Å². The fourth-order valence-corrected chi connectivity index (χ4v) is 2.13. The second kappa shape index (κ2) is 4.44. The molecule has 0 bridgehead atoms. The van der Waals surface area contributed by atoms with Crippen LogP contribution in [0.5, 0.6) is 5.75 Å². The van der Waals surface area contributed by atoms with E-state index in [1.165, 1.54) is 0 Å². The maximum atomic E-state index is 12.0. The molecule has 1 aliphatic heterocycles. The number of hydrogen-bond acceptors (Lipinski definition) is 3. The third kappa shape index (κ3) is 2.53. The van der Waals surface area contributed by atoms with E-state index in [1.54, 1.807) is 0 Å². The number of ether oxygens (including phenoxy) is 1. The van der Waals surface area contributed by atoms with Gasteiger partial charge in [0.05, 0.1) is 11.4 Å². The Kier molecular flexibility index (Phi) is 3.20. The minimum absolute atomic E-state index is 0.0250. The van der Waals surface area contributed by atoms with E-state index in [-0.39, 0.29) is 17.2 Å². The molecule has 1 aliphatic rings. The molecule has 0 aromatic heterocycles. The number of carbonyl (C=O) groups is 1. The van der Waals surface area contributed by atoms with Crippen molar-refractivity contribution in [1.82, 2.24) is 0 Å². The van der Waals surface area contributed by atoms with Gasteiger partial charge in [-0.05, 0) is 29.0 Å². The topological polar surface area (TPSA) is 64.3 Å². The van der Waals surface area contributed by atoms with Gasteiger partial charge < -0.3 is 15.8 Å². The number of carbonyl (C=O) groups excluding carboxylic acids is 1. The Labute approximate surface area is 114 Å². The average molecular weight is 262 g/mol. The van der Waals surface area contributed by atoms with Crippen molar-refractivity contribution in [2.75, 3.05) is 11.1 Å². The third-order valence-electron chi connectivity index (χ3n) is 3.35. The van der Waals surface area contributed by atoms with Gasteiger partial charge in [-0.1, -0.05) is 34.6 Å². The third-order valence-corrected chi connectivity index (χ3v) is 3.35. The van der Waals surface area contributed by atoms with E-state index in [9.17, 15) is 4.79 Å². The molecule has 4 heteroatoms. The van der Waals surface area contributed by atoms with Crippen LogP contribution in [0.2, 0.25) is 0 Å². The van der Waals surface area contributed by atoms with Gasteiger partial charge in [-0.3, -0.25) is 4.79 Å². The molecule has 1 unspecified atom stereocenters. The fraction of sp³-hybridized carbons (Fsp3) is 0.533. The number of anilines is 2. The summed E-state index contributed by atoms with van der Waals surface area (Å²) in [5.41, 5.74) is 8.37. The molecule has 0 aliphatic carbocycles. The number of hydrogen-bond donors (Lipinski definition) is 2. The summed E-state index contributed by atoms with van der Waals surface area (Å²) < 4.78 is 5.77. The first-order chi connectivity index (χ1) is 8.70. The van der Waals surface area contributed by atoms with Gasteiger partial charge in [0, 0.05) is 0 Å². The SMILES string of the molecule is CC(C)C1Oc2c(N)cc(C(C)(C)C)cc2NC1=O. The standard InChI is InChI=1S/C15H22N2O2/c1-8(2)12-14(18)17-11-7-9(15(3,4)5)6-10(16)13(11)19-12/h6-8,12H,16H2,1-5H3,(H,17,18). The summed E-state index contributed by atoms with van der Waals surface area (Å²) in [4.78, 5) is 12.0. The van der Waals surface area contributed by atoms with Gasteiger partial charge in [-0.2, -0.15) is 0 Å². The second-order valence-electron chi connectivity index (χ2n) is 6.46. The van der Waals surface area contributed by atoms with Crippen LogP contribution in [0.15, 0.2) is 12.1 Å².